The molecule has 0 atom stereocenters. The molecule has 6 nitrogen and oxygen atoms in total. The van der Waals surface area contributed by atoms with Gasteiger partial charge in [-0.2, -0.15) is 0 Å². The highest BCUT2D eigenvalue weighted by Crippen LogP contribution is 2.17. The number of rotatable bonds is 4. The Morgan fingerprint density at radius 2 is 2.17 bits per heavy atom. The molecule has 0 bridgehead atoms. The van der Waals surface area contributed by atoms with Crippen LogP contribution in [0, 0.1) is 6.92 Å². The van der Waals surface area contributed by atoms with Gasteiger partial charge in [0.15, 0.2) is 5.11 Å². The van der Waals surface area contributed by atoms with Crippen molar-refractivity contribution in [3.63, 3.8) is 0 Å². The predicted octanol–water partition coefficient (Wildman–Crippen LogP) is 1.09. The number of nitrogens with one attached hydrogen (secondary N) is 2. The fourth-order valence-electron chi connectivity index (χ4n) is 2.86. The van der Waals surface area contributed by atoms with Gasteiger partial charge in [0, 0.05) is 17.8 Å². The third kappa shape index (κ3) is 4.24. The average Bonchev–Trinajstić information content (AvgIpc) is 3.00. The van der Waals surface area contributed by atoms with Crippen molar-refractivity contribution in [1.82, 2.24) is 10.1 Å². The fourth-order valence-corrected chi connectivity index (χ4v) is 3.16. The molecule has 1 fully saturated rings. The molecule has 1 saturated heterocycles. The summed E-state index contributed by atoms with van der Waals surface area (Å²) in [7, 11) is 1.66. The maximum absolute atomic E-state index is 5.54. The number of aryl methyl sites for hydroxylation is 1. The van der Waals surface area contributed by atoms with Gasteiger partial charge in [0.25, 0.3) is 0 Å². The van der Waals surface area contributed by atoms with E-state index in [1.165, 1.54) is 4.90 Å². The number of thiocarbonyl (C=S) groups is 1. The first kappa shape index (κ1) is 16.7. The van der Waals surface area contributed by atoms with Crippen LogP contribution in [0.2, 0.25) is 0 Å². The lowest BCUT2D eigenvalue weighted by Gasteiger charge is -2.33. The predicted molar refractivity (Wildman–Crippen MR) is 96.4 cm³/mol. The highest BCUT2D eigenvalue weighted by atomic mass is 32.1. The Morgan fingerprint density at radius 3 is 2.83 bits per heavy atom. The zero-order valence-electron chi connectivity index (χ0n) is 14.0. The Hall–Kier alpha value is -2.12. The number of hydrogen-bond donors (Lipinski definition) is 2. The molecule has 2 aromatic rings. The second kappa shape index (κ2) is 7.63. The van der Waals surface area contributed by atoms with Gasteiger partial charge in [0.2, 0.25) is 0 Å². The minimum atomic E-state index is 0.764. The van der Waals surface area contributed by atoms with E-state index in [9.17, 15) is 0 Å². The van der Waals surface area contributed by atoms with Crippen LogP contribution in [0.3, 0.4) is 0 Å². The SMILES string of the molecule is COc1cccc(NC(=S)N2CC[NH+](Cc3cc(C)on3)CC2)c1. The molecule has 1 aromatic carbocycles. The van der Waals surface area contributed by atoms with Gasteiger partial charge >= 0.3 is 0 Å². The largest absolute Gasteiger partial charge is 0.497 e. The van der Waals surface area contributed by atoms with Crippen LogP contribution in [0.1, 0.15) is 11.5 Å². The molecule has 7 heteroatoms. The van der Waals surface area contributed by atoms with Crippen LogP contribution in [0.15, 0.2) is 34.9 Å². The summed E-state index contributed by atoms with van der Waals surface area (Å²) in [6, 6.07) is 9.81. The number of piperazine rings is 1. The van der Waals surface area contributed by atoms with E-state index < -0.39 is 0 Å². The number of quaternary nitrogens is 1. The Balaban J connectivity index is 1.49. The molecule has 2 heterocycles. The lowest BCUT2D eigenvalue weighted by Crippen LogP contribution is -3.13. The van der Waals surface area contributed by atoms with Gasteiger partial charge in [0.05, 0.1) is 33.3 Å². The van der Waals surface area contributed by atoms with Crippen LogP contribution < -0.4 is 15.0 Å². The first-order chi connectivity index (χ1) is 11.6. The molecule has 0 spiro atoms. The minimum Gasteiger partial charge on any atom is -0.497 e. The highest BCUT2D eigenvalue weighted by molar-refractivity contribution is 7.80. The van der Waals surface area contributed by atoms with E-state index in [0.29, 0.717) is 0 Å². The second-order valence-corrected chi connectivity index (χ2v) is 6.39. The Morgan fingerprint density at radius 1 is 1.38 bits per heavy atom. The molecule has 0 aliphatic carbocycles. The summed E-state index contributed by atoms with van der Waals surface area (Å²) in [5.74, 6) is 1.69. The lowest BCUT2D eigenvalue weighted by molar-refractivity contribution is -0.917. The summed E-state index contributed by atoms with van der Waals surface area (Å²) in [6.45, 7) is 6.76. The smallest absolute Gasteiger partial charge is 0.173 e. The van der Waals surface area contributed by atoms with E-state index in [1.807, 2.05) is 37.3 Å². The Labute approximate surface area is 147 Å². The summed E-state index contributed by atoms with van der Waals surface area (Å²) >= 11 is 5.54. The maximum Gasteiger partial charge on any atom is 0.173 e. The standard InChI is InChI=1S/C17H22N4O2S/c1-13-10-15(19-23-13)12-20-6-8-21(9-7-20)17(24)18-14-4-3-5-16(11-14)22-2/h3-5,10-11H,6-9,12H2,1-2H3,(H,18,24)/p+1. The van der Waals surface area contributed by atoms with Crippen molar-refractivity contribution in [2.24, 2.45) is 0 Å². The Kier molecular flexibility index (Phi) is 5.32. The zero-order chi connectivity index (χ0) is 16.9. The van der Waals surface area contributed by atoms with Gasteiger partial charge in [-0.1, -0.05) is 11.2 Å². The molecular weight excluding hydrogens is 324 g/mol. The normalized spacial score (nSPS) is 15.3. The molecule has 0 unspecified atom stereocenters. The maximum atomic E-state index is 5.54. The fraction of sp³-hybridized carbons (Fsp3) is 0.412. The van der Waals surface area contributed by atoms with Crippen molar-refractivity contribution < 1.29 is 14.2 Å². The van der Waals surface area contributed by atoms with Crippen molar-refractivity contribution in [3.05, 3.63) is 41.8 Å². The van der Waals surface area contributed by atoms with E-state index >= 15 is 0 Å². The molecule has 0 amide bonds. The van der Waals surface area contributed by atoms with E-state index in [2.05, 4.69) is 15.4 Å². The van der Waals surface area contributed by atoms with E-state index in [1.54, 1.807) is 7.11 Å². The topological polar surface area (TPSA) is 55.0 Å². The number of anilines is 1. The third-order valence-corrected chi connectivity index (χ3v) is 4.55. The summed E-state index contributed by atoms with van der Waals surface area (Å²) in [5.41, 5.74) is 1.97. The average molecular weight is 347 g/mol. The second-order valence-electron chi connectivity index (χ2n) is 6.00. The van der Waals surface area contributed by atoms with Crippen LogP contribution >= 0.6 is 12.2 Å². The van der Waals surface area contributed by atoms with Crippen molar-refractivity contribution in [2.45, 2.75) is 13.5 Å². The van der Waals surface area contributed by atoms with E-state index in [0.717, 1.165) is 60.7 Å². The third-order valence-electron chi connectivity index (χ3n) is 4.19. The minimum absolute atomic E-state index is 0.764. The monoisotopic (exact) mass is 347 g/mol. The van der Waals surface area contributed by atoms with Crippen LogP contribution in [0.25, 0.3) is 0 Å². The van der Waals surface area contributed by atoms with Gasteiger partial charge in [0.1, 0.15) is 23.7 Å². The van der Waals surface area contributed by atoms with Crippen molar-refractivity contribution in [3.8, 4) is 5.75 Å². The van der Waals surface area contributed by atoms with Crippen LogP contribution in [-0.2, 0) is 6.54 Å². The molecule has 1 aliphatic rings. The van der Waals surface area contributed by atoms with Crippen LogP contribution in [0.5, 0.6) is 5.75 Å². The zero-order valence-corrected chi connectivity index (χ0v) is 14.9. The van der Waals surface area contributed by atoms with E-state index in [-0.39, 0.29) is 0 Å². The van der Waals surface area contributed by atoms with Crippen molar-refractivity contribution >= 4 is 23.0 Å². The van der Waals surface area contributed by atoms with Crippen LogP contribution in [0.4, 0.5) is 5.69 Å². The van der Waals surface area contributed by atoms with Crippen molar-refractivity contribution in [2.75, 3.05) is 38.6 Å². The molecule has 128 valence electrons. The summed E-state index contributed by atoms with van der Waals surface area (Å²) in [4.78, 5) is 3.72. The molecule has 3 rings (SSSR count). The molecule has 2 N–H and O–H groups in total. The molecule has 1 aromatic heterocycles. The van der Waals surface area contributed by atoms with Gasteiger partial charge in [-0.25, -0.2) is 0 Å². The first-order valence-corrected chi connectivity index (χ1v) is 8.50. The lowest BCUT2D eigenvalue weighted by atomic mass is 10.3. The van der Waals surface area contributed by atoms with E-state index in [4.69, 9.17) is 21.5 Å². The van der Waals surface area contributed by atoms with Gasteiger partial charge in [-0.15, -0.1) is 0 Å². The number of benzene rings is 1. The van der Waals surface area contributed by atoms with Crippen molar-refractivity contribution in [1.29, 1.82) is 0 Å². The number of ether oxygens (including phenoxy) is 1. The first-order valence-electron chi connectivity index (χ1n) is 8.10. The number of methoxy groups -OCH3 is 1. The van der Waals surface area contributed by atoms with Crippen LogP contribution in [-0.4, -0.2) is 48.5 Å². The Bertz CT molecular complexity index is 695. The molecule has 0 radical (unpaired) electrons. The molecular formula is C17H23N4O2S+. The number of hydrogen-bond acceptors (Lipinski definition) is 4. The molecule has 0 saturated carbocycles. The number of aromatic nitrogens is 1. The summed E-state index contributed by atoms with van der Waals surface area (Å²) < 4.78 is 10.4. The quantitative estimate of drug-likeness (QED) is 0.808. The molecule has 24 heavy (non-hydrogen) atoms. The number of nitrogens with zero attached hydrogens (tertiary/aromatic N) is 2. The molecule has 1 aliphatic heterocycles. The van der Waals surface area contributed by atoms with Gasteiger partial charge in [-0.05, 0) is 31.3 Å². The summed E-state index contributed by atoms with van der Waals surface area (Å²) in [6.07, 6.45) is 0. The summed E-state index contributed by atoms with van der Waals surface area (Å²) in [5, 5.41) is 8.14. The van der Waals surface area contributed by atoms with Gasteiger partial charge in [-0.3, -0.25) is 0 Å². The highest BCUT2D eigenvalue weighted by Gasteiger charge is 2.22. The van der Waals surface area contributed by atoms with Gasteiger partial charge < -0.3 is 24.4 Å².